The van der Waals surface area contributed by atoms with Crippen molar-refractivity contribution in [1.82, 2.24) is 0 Å². The van der Waals surface area contributed by atoms with Crippen molar-refractivity contribution in [2.45, 2.75) is 25.4 Å². The Morgan fingerprint density at radius 1 is 0.967 bits per heavy atom. The summed E-state index contributed by atoms with van der Waals surface area (Å²) in [5, 5.41) is 0. The Labute approximate surface area is 189 Å². The third-order valence-corrected chi connectivity index (χ3v) is 6.62. The summed E-state index contributed by atoms with van der Waals surface area (Å²) >= 11 is 0. The molecule has 0 bridgehead atoms. The molecule has 0 saturated heterocycles. The summed E-state index contributed by atoms with van der Waals surface area (Å²) < 4.78 is 23.5. The van der Waals surface area contributed by atoms with E-state index in [0.29, 0.717) is 6.04 Å². The van der Waals surface area contributed by atoms with E-state index >= 15 is 0 Å². The molecule has 2 aliphatic heterocycles. The van der Waals surface area contributed by atoms with Gasteiger partial charge in [0.1, 0.15) is 12.6 Å². The van der Waals surface area contributed by atoms with Gasteiger partial charge < -0.3 is 40.4 Å². The molecule has 2 aliphatic rings. The number of rotatable bonds is 6. The van der Waals surface area contributed by atoms with E-state index < -0.39 is 0 Å². The van der Waals surface area contributed by atoms with Crippen LogP contribution in [0.5, 0.6) is 23.0 Å². The van der Waals surface area contributed by atoms with E-state index in [9.17, 15) is 0 Å². The average Bonchev–Trinajstić information content (AvgIpc) is 2.76. The number of methoxy groups -OCH3 is 4. The number of fused-ring (bicyclic) bond motifs is 4. The SMILES string of the molecule is C=CC[N+]12CCc3cc(OC)c(OC)cc3[C@@H]1Cc1ccc(OC)c(OC)c1C2.[Br-]. The molecule has 0 N–H and O–H groups in total. The second kappa shape index (κ2) is 8.90. The number of halogens is 1. The van der Waals surface area contributed by atoms with Crippen LogP contribution in [0.15, 0.2) is 36.9 Å². The van der Waals surface area contributed by atoms with Crippen LogP contribution in [0.1, 0.15) is 28.3 Å². The van der Waals surface area contributed by atoms with E-state index in [1.807, 2.05) is 6.07 Å². The first-order valence-electron chi connectivity index (χ1n) is 10.0. The summed E-state index contributed by atoms with van der Waals surface area (Å²) in [6, 6.07) is 8.89. The highest BCUT2D eigenvalue weighted by Gasteiger charge is 2.46. The Morgan fingerprint density at radius 2 is 1.67 bits per heavy atom. The van der Waals surface area contributed by atoms with E-state index in [0.717, 1.165) is 60.0 Å². The number of hydrogen-bond acceptors (Lipinski definition) is 4. The molecule has 30 heavy (non-hydrogen) atoms. The first-order chi connectivity index (χ1) is 14.1. The van der Waals surface area contributed by atoms with Gasteiger partial charge in [-0.3, -0.25) is 0 Å². The number of ether oxygens (including phenoxy) is 4. The quantitative estimate of drug-likeness (QED) is 0.462. The van der Waals surface area contributed by atoms with Crippen molar-refractivity contribution in [3.8, 4) is 23.0 Å². The van der Waals surface area contributed by atoms with E-state index in [1.54, 1.807) is 28.4 Å². The molecule has 2 aromatic carbocycles. The standard InChI is InChI=1S/C24H30NO4.BrH/c1-6-10-25-11-9-17-13-22(27-3)23(28-4)14-18(17)20(25)12-16-7-8-21(26-2)24(29-5)19(16)15-25;/h6-8,13-14,20H,1,9-12,15H2,2-5H3;1H/q+1;/p-1/t20-,25?;/m0./s1. The fourth-order valence-electron chi connectivity index (χ4n) is 5.21. The second-order valence-electron chi connectivity index (χ2n) is 7.89. The maximum absolute atomic E-state index is 5.78. The fourth-order valence-corrected chi connectivity index (χ4v) is 5.21. The van der Waals surface area contributed by atoms with E-state index in [1.165, 1.54) is 22.3 Å². The van der Waals surface area contributed by atoms with Crippen molar-refractivity contribution in [3.05, 3.63) is 59.2 Å². The van der Waals surface area contributed by atoms with Gasteiger partial charge in [0, 0.05) is 18.4 Å². The van der Waals surface area contributed by atoms with Crippen LogP contribution in [0.3, 0.4) is 0 Å². The number of nitrogens with zero attached hydrogens (tertiary/aromatic N) is 1. The van der Waals surface area contributed by atoms with E-state index in [-0.39, 0.29) is 17.0 Å². The van der Waals surface area contributed by atoms with Crippen LogP contribution in [-0.4, -0.2) is 46.0 Å². The van der Waals surface area contributed by atoms with Gasteiger partial charge in [-0.05, 0) is 35.4 Å². The lowest BCUT2D eigenvalue weighted by atomic mass is 9.80. The predicted octanol–water partition coefficient (Wildman–Crippen LogP) is 1.08. The third kappa shape index (κ3) is 3.46. The van der Waals surface area contributed by atoms with Gasteiger partial charge in [0.2, 0.25) is 0 Å². The van der Waals surface area contributed by atoms with Crippen LogP contribution in [0, 0.1) is 0 Å². The molecule has 0 aromatic heterocycles. The molecule has 0 aliphatic carbocycles. The lowest BCUT2D eigenvalue weighted by Crippen LogP contribution is -3.00. The van der Waals surface area contributed by atoms with Crippen molar-refractivity contribution in [2.24, 2.45) is 0 Å². The van der Waals surface area contributed by atoms with Gasteiger partial charge in [-0.1, -0.05) is 12.6 Å². The first kappa shape index (κ1) is 22.5. The highest BCUT2D eigenvalue weighted by atomic mass is 79.9. The lowest BCUT2D eigenvalue weighted by molar-refractivity contribution is -0.968. The molecule has 0 saturated carbocycles. The van der Waals surface area contributed by atoms with Gasteiger partial charge in [0.15, 0.2) is 23.0 Å². The minimum atomic E-state index is 0. The van der Waals surface area contributed by atoms with Gasteiger partial charge in [-0.2, -0.15) is 0 Å². The van der Waals surface area contributed by atoms with E-state index in [4.69, 9.17) is 18.9 Å². The topological polar surface area (TPSA) is 36.9 Å². The molecule has 1 unspecified atom stereocenters. The van der Waals surface area contributed by atoms with Gasteiger partial charge >= 0.3 is 0 Å². The van der Waals surface area contributed by atoms with Crippen LogP contribution >= 0.6 is 0 Å². The largest absolute Gasteiger partial charge is 1.00 e. The molecular weight excluding hydrogens is 446 g/mol. The maximum Gasteiger partial charge on any atom is 0.169 e. The molecule has 4 rings (SSSR count). The summed E-state index contributed by atoms with van der Waals surface area (Å²) in [6.45, 7) is 6.95. The number of quaternary nitrogens is 1. The second-order valence-corrected chi connectivity index (χ2v) is 7.89. The Hall–Kier alpha value is -2.18. The van der Waals surface area contributed by atoms with Crippen molar-refractivity contribution in [1.29, 1.82) is 0 Å². The van der Waals surface area contributed by atoms with Crippen LogP contribution < -0.4 is 35.9 Å². The van der Waals surface area contributed by atoms with Crippen molar-refractivity contribution < 1.29 is 40.4 Å². The van der Waals surface area contributed by atoms with Gasteiger partial charge in [0.25, 0.3) is 0 Å². The molecular formula is C24H30BrNO4. The van der Waals surface area contributed by atoms with Crippen LogP contribution in [-0.2, 0) is 19.4 Å². The number of hydrogen-bond donors (Lipinski definition) is 0. The van der Waals surface area contributed by atoms with Crippen LogP contribution in [0.4, 0.5) is 0 Å². The molecule has 2 aromatic rings. The average molecular weight is 476 g/mol. The minimum Gasteiger partial charge on any atom is -1.00 e. The van der Waals surface area contributed by atoms with Gasteiger partial charge in [-0.25, -0.2) is 0 Å². The molecule has 2 heterocycles. The summed E-state index contributed by atoms with van der Waals surface area (Å²) in [7, 11) is 6.82. The highest BCUT2D eigenvalue weighted by Crippen LogP contribution is 2.49. The molecule has 0 radical (unpaired) electrons. The van der Waals surface area contributed by atoms with E-state index in [2.05, 4.69) is 30.9 Å². The van der Waals surface area contributed by atoms with Crippen molar-refractivity contribution >= 4 is 0 Å². The molecule has 6 heteroatoms. The predicted molar refractivity (Wildman–Crippen MR) is 113 cm³/mol. The Kier molecular flexibility index (Phi) is 6.68. The Morgan fingerprint density at radius 3 is 2.30 bits per heavy atom. The molecule has 162 valence electrons. The molecule has 0 spiro atoms. The van der Waals surface area contributed by atoms with Crippen LogP contribution in [0.25, 0.3) is 0 Å². The monoisotopic (exact) mass is 475 g/mol. The van der Waals surface area contributed by atoms with Gasteiger partial charge in [-0.15, -0.1) is 0 Å². The zero-order valence-corrected chi connectivity index (χ0v) is 19.8. The molecule has 2 atom stereocenters. The fraction of sp³-hybridized carbons (Fsp3) is 0.417. The lowest BCUT2D eigenvalue weighted by Gasteiger charge is -2.51. The number of benzene rings is 2. The molecule has 5 nitrogen and oxygen atoms in total. The molecule has 0 amide bonds. The minimum absolute atomic E-state index is 0. The van der Waals surface area contributed by atoms with Crippen molar-refractivity contribution in [2.75, 3.05) is 41.5 Å². The summed E-state index contributed by atoms with van der Waals surface area (Å²) in [5.41, 5.74) is 5.30. The van der Waals surface area contributed by atoms with Gasteiger partial charge in [0.05, 0.1) is 47.1 Å². The van der Waals surface area contributed by atoms with Crippen molar-refractivity contribution in [3.63, 3.8) is 0 Å². The Bertz CT molecular complexity index is 945. The first-order valence-corrected chi connectivity index (χ1v) is 10.0. The normalized spacial score (nSPS) is 21.3. The highest BCUT2D eigenvalue weighted by molar-refractivity contribution is 5.53. The molecule has 0 fully saturated rings. The Balaban J connectivity index is 0.00000256. The van der Waals surface area contributed by atoms with Crippen LogP contribution in [0.2, 0.25) is 0 Å². The smallest absolute Gasteiger partial charge is 0.169 e. The third-order valence-electron chi connectivity index (χ3n) is 6.62. The summed E-state index contributed by atoms with van der Waals surface area (Å²) in [5.74, 6) is 3.26. The maximum atomic E-state index is 5.78. The zero-order valence-electron chi connectivity index (χ0n) is 18.2. The summed E-state index contributed by atoms with van der Waals surface area (Å²) in [4.78, 5) is 0. The summed E-state index contributed by atoms with van der Waals surface area (Å²) in [6.07, 6.45) is 4.00. The zero-order chi connectivity index (χ0) is 20.6.